The van der Waals surface area contributed by atoms with Crippen molar-refractivity contribution in [3.05, 3.63) is 204 Å². The Kier molecular flexibility index (Phi) is 8.47. The van der Waals surface area contributed by atoms with Gasteiger partial charge in [-0.05, 0) is 92.5 Å². The van der Waals surface area contributed by atoms with Gasteiger partial charge in [-0.1, -0.05) is 133 Å². The van der Waals surface area contributed by atoms with Gasteiger partial charge in [-0.25, -0.2) is 9.98 Å². The number of rotatable bonds is 5. The molecular weight excluding hydrogens is 753 g/mol. The third kappa shape index (κ3) is 6.13. The number of para-hydroxylation sites is 1. The summed E-state index contributed by atoms with van der Waals surface area (Å²) in [7, 11) is 0. The van der Waals surface area contributed by atoms with Crippen LogP contribution in [0.4, 0.5) is 0 Å². The van der Waals surface area contributed by atoms with E-state index < -0.39 is 0 Å². The molecule has 60 heavy (non-hydrogen) atoms. The van der Waals surface area contributed by atoms with E-state index in [4.69, 9.17) is 19.8 Å². The molecule has 0 amide bonds. The number of hydrogen-bond acceptors (Lipinski definition) is 4. The highest BCUT2D eigenvalue weighted by molar-refractivity contribution is 7.25. The average molecular weight is 785 g/mol. The van der Waals surface area contributed by atoms with Gasteiger partial charge in [0.15, 0.2) is 11.7 Å². The fourth-order valence-electron chi connectivity index (χ4n) is 8.28. The molecule has 0 atom stereocenters. The van der Waals surface area contributed by atoms with Crippen molar-refractivity contribution in [3.63, 3.8) is 0 Å². The highest BCUT2D eigenvalue weighted by Gasteiger charge is 2.17. The summed E-state index contributed by atoms with van der Waals surface area (Å²) in [5.74, 6) is 0.611. The van der Waals surface area contributed by atoms with Crippen molar-refractivity contribution in [3.8, 4) is 28.3 Å². The second kappa shape index (κ2) is 14.4. The number of aliphatic imine (C=N–C) groups is 2. The van der Waals surface area contributed by atoms with Crippen LogP contribution in [0.2, 0.25) is 0 Å². The zero-order chi connectivity index (χ0) is 40.2. The third-order valence-corrected chi connectivity index (χ3v) is 12.4. The molecule has 0 bridgehead atoms. The molecule has 11 aromatic rings. The number of thiophene rings is 1. The van der Waals surface area contributed by atoms with E-state index >= 15 is 0 Å². The van der Waals surface area contributed by atoms with Gasteiger partial charge in [0.1, 0.15) is 11.2 Å². The van der Waals surface area contributed by atoms with Gasteiger partial charge in [-0.2, -0.15) is 5.26 Å². The molecule has 0 aliphatic carbocycles. The molecular formula is C54H32N4OS. The van der Waals surface area contributed by atoms with Gasteiger partial charge in [0.2, 0.25) is 0 Å². The van der Waals surface area contributed by atoms with Crippen molar-refractivity contribution in [2.24, 2.45) is 9.98 Å². The van der Waals surface area contributed by atoms with Crippen LogP contribution in [0.5, 0.6) is 0 Å². The second-order valence-electron chi connectivity index (χ2n) is 14.9. The lowest BCUT2D eigenvalue weighted by Crippen LogP contribution is -2.04. The largest absolute Gasteiger partial charge is 0.455 e. The van der Waals surface area contributed by atoms with E-state index in [0.29, 0.717) is 11.4 Å². The molecule has 0 fully saturated rings. The molecule has 2 heterocycles. The van der Waals surface area contributed by atoms with Crippen molar-refractivity contribution in [1.82, 2.24) is 0 Å². The van der Waals surface area contributed by atoms with E-state index in [1.54, 1.807) is 11.3 Å². The first-order valence-corrected chi connectivity index (χ1v) is 20.5. The summed E-state index contributed by atoms with van der Waals surface area (Å²) in [5.41, 5.74) is 9.13. The van der Waals surface area contributed by atoms with Crippen LogP contribution in [0.1, 0.15) is 22.3 Å². The summed E-state index contributed by atoms with van der Waals surface area (Å²) in [6, 6.07) is 64.1. The Morgan fingerprint density at radius 2 is 1.22 bits per heavy atom. The van der Waals surface area contributed by atoms with Crippen molar-refractivity contribution in [1.29, 1.82) is 10.7 Å². The van der Waals surface area contributed by atoms with Crippen molar-refractivity contribution in [2.45, 2.75) is 0 Å². The Labute approximate surface area is 349 Å². The van der Waals surface area contributed by atoms with Crippen LogP contribution >= 0.6 is 11.3 Å². The second-order valence-corrected chi connectivity index (χ2v) is 15.9. The van der Waals surface area contributed by atoms with Crippen LogP contribution in [0.3, 0.4) is 0 Å². The average Bonchev–Trinajstić information content (AvgIpc) is 3.89. The van der Waals surface area contributed by atoms with Crippen molar-refractivity contribution >= 4 is 92.9 Å². The van der Waals surface area contributed by atoms with Gasteiger partial charge in [0.05, 0.1) is 11.6 Å². The van der Waals surface area contributed by atoms with Crippen LogP contribution in [0.15, 0.2) is 196 Å². The summed E-state index contributed by atoms with van der Waals surface area (Å²) < 4.78 is 9.05. The van der Waals surface area contributed by atoms with E-state index in [9.17, 15) is 5.26 Å². The molecule has 11 rings (SSSR count). The predicted molar refractivity (Wildman–Crippen MR) is 251 cm³/mol. The Morgan fingerprint density at radius 3 is 2.07 bits per heavy atom. The minimum absolute atomic E-state index is 0.152. The maximum atomic E-state index is 9.29. The van der Waals surface area contributed by atoms with Crippen LogP contribution in [-0.2, 0) is 0 Å². The SMILES string of the molecule is N#Cc1ccc(-c2cccc(-c3ccc4c5ccc(C=NC(=NC(=N)c6ccc7c(c6)sc6ccccc67)c6ccccc6)cc5c5oc6ccccc6c5c4c3)c2)cc1. The standard InChI is InChI=1S/C54H32N4OS/c55-31-33-17-20-35(21-18-33)37-11-8-12-38(28-37)39-22-25-41-42-24-19-34(27-47(42)52-51(46(41)29-39)45-14-4-6-15-48(45)59-52)32-57-54(36-9-2-1-3-10-36)58-53(56)40-23-26-44-43-13-5-7-16-49(43)60-50(44)30-40/h1-30,32,56H. The molecule has 0 aliphatic rings. The quantitative estimate of drug-likeness (QED) is 0.107. The summed E-state index contributed by atoms with van der Waals surface area (Å²) >= 11 is 1.73. The summed E-state index contributed by atoms with van der Waals surface area (Å²) in [5, 5.41) is 27.3. The first-order chi connectivity index (χ1) is 29.6. The van der Waals surface area contributed by atoms with E-state index in [0.717, 1.165) is 87.1 Å². The van der Waals surface area contributed by atoms with Gasteiger partial charge in [-0.3, -0.25) is 5.41 Å². The lowest BCUT2D eigenvalue weighted by Gasteiger charge is -2.11. The zero-order valence-electron chi connectivity index (χ0n) is 32.1. The number of furan rings is 1. The fraction of sp³-hybridized carbons (Fsp3) is 0. The normalized spacial score (nSPS) is 12.1. The van der Waals surface area contributed by atoms with E-state index in [-0.39, 0.29) is 5.84 Å². The molecule has 2 aromatic heterocycles. The molecule has 0 unspecified atom stereocenters. The maximum absolute atomic E-state index is 9.29. The van der Waals surface area contributed by atoms with Gasteiger partial charge >= 0.3 is 0 Å². The van der Waals surface area contributed by atoms with E-state index in [1.165, 1.54) is 15.5 Å². The molecule has 0 radical (unpaired) electrons. The highest BCUT2D eigenvalue weighted by atomic mass is 32.1. The van der Waals surface area contributed by atoms with E-state index in [1.807, 2.05) is 79.0 Å². The molecule has 1 N–H and O–H groups in total. The molecule has 0 aliphatic heterocycles. The minimum Gasteiger partial charge on any atom is -0.455 e. The minimum atomic E-state index is 0.152. The number of nitrogens with one attached hydrogen (secondary N) is 1. The van der Waals surface area contributed by atoms with Crippen molar-refractivity contribution in [2.75, 3.05) is 0 Å². The fourth-order valence-corrected chi connectivity index (χ4v) is 9.43. The van der Waals surface area contributed by atoms with Gasteiger partial charge in [0.25, 0.3) is 0 Å². The lowest BCUT2D eigenvalue weighted by molar-refractivity contribution is 0.673. The monoisotopic (exact) mass is 784 g/mol. The number of hydrogen-bond donors (Lipinski definition) is 1. The first-order valence-electron chi connectivity index (χ1n) is 19.7. The summed E-state index contributed by atoms with van der Waals surface area (Å²) in [4.78, 5) is 9.76. The number of fused-ring (bicyclic) bond motifs is 11. The van der Waals surface area contributed by atoms with Crippen molar-refractivity contribution < 1.29 is 4.42 Å². The molecule has 0 saturated heterocycles. The molecule has 6 heteroatoms. The van der Waals surface area contributed by atoms with Gasteiger partial charge in [0, 0.05) is 53.7 Å². The Hall–Kier alpha value is -7.98. The Morgan fingerprint density at radius 1 is 0.533 bits per heavy atom. The Balaban J connectivity index is 1.00. The topological polar surface area (TPSA) is 85.5 Å². The number of nitrogens with zero attached hydrogens (tertiary/aromatic N) is 3. The van der Waals surface area contributed by atoms with Gasteiger partial charge in [-0.15, -0.1) is 11.3 Å². The van der Waals surface area contributed by atoms with Gasteiger partial charge < -0.3 is 4.42 Å². The lowest BCUT2D eigenvalue weighted by atomic mass is 9.92. The maximum Gasteiger partial charge on any atom is 0.161 e. The molecule has 280 valence electrons. The molecule has 0 saturated carbocycles. The number of amidine groups is 2. The first kappa shape index (κ1) is 35.2. The van der Waals surface area contributed by atoms with Crippen LogP contribution < -0.4 is 0 Å². The summed E-state index contributed by atoms with van der Waals surface area (Å²) in [6.07, 6.45) is 1.83. The number of benzene rings is 9. The molecule has 5 nitrogen and oxygen atoms in total. The zero-order valence-corrected chi connectivity index (χ0v) is 32.9. The molecule has 0 spiro atoms. The van der Waals surface area contributed by atoms with Crippen LogP contribution in [0.25, 0.3) is 85.9 Å². The van der Waals surface area contributed by atoms with Crippen LogP contribution in [-0.4, -0.2) is 17.9 Å². The summed E-state index contributed by atoms with van der Waals surface area (Å²) in [6.45, 7) is 0. The third-order valence-electron chi connectivity index (χ3n) is 11.2. The molecule has 9 aromatic carbocycles. The predicted octanol–water partition coefficient (Wildman–Crippen LogP) is 14.4. The van der Waals surface area contributed by atoms with E-state index in [2.05, 4.69) is 115 Å². The Bertz CT molecular complexity index is 3630. The highest BCUT2D eigenvalue weighted by Crippen LogP contribution is 2.43. The number of nitriles is 1. The van der Waals surface area contributed by atoms with Crippen LogP contribution in [0, 0.1) is 16.7 Å². The smallest absolute Gasteiger partial charge is 0.161 e.